The van der Waals surface area contributed by atoms with Crippen LogP contribution in [0.15, 0.2) is 0 Å². The molecule has 4 nitrogen and oxygen atoms in total. The lowest BCUT2D eigenvalue weighted by atomic mass is 10.0. The van der Waals surface area contributed by atoms with Gasteiger partial charge in [-0.1, -0.05) is 0 Å². The zero-order chi connectivity index (χ0) is 13.0. The fourth-order valence-corrected chi connectivity index (χ4v) is 2.54. The zero-order valence-corrected chi connectivity index (χ0v) is 11.4. The SMILES string of the molecule is Cc1nc(CC2CCOC2)nc(C)c1CCCN. The van der Waals surface area contributed by atoms with E-state index >= 15 is 0 Å². The maximum Gasteiger partial charge on any atom is 0.129 e. The van der Waals surface area contributed by atoms with E-state index in [1.54, 1.807) is 0 Å². The van der Waals surface area contributed by atoms with Gasteiger partial charge in [-0.15, -0.1) is 0 Å². The molecule has 2 heterocycles. The third-order valence-corrected chi connectivity index (χ3v) is 3.59. The molecular weight excluding hydrogens is 226 g/mol. The Bertz CT molecular complexity index is 377. The minimum absolute atomic E-state index is 0.596. The lowest BCUT2D eigenvalue weighted by Gasteiger charge is -2.12. The molecule has 1 aliphatic rings. The molecule has 1 unspecified atom stereocenters. The number of nitrogens with zero attached hydrogens (tertiary/aromatic N) is 2. The predicted octanol–water partition coefficient (Wildman–Crippen LogP) is 1.56. The zero-order valence-electron chi connectivity index (χ0n) is 11.4. The molecule has 2 N–H and O–H groups in total. The van der Waals surface area contributed by atoms with Crippen molar-refractivity contribution in [1.29, 1.82) is 0 Å². The Morgan fingerprint density at radius 1 is 1.28 bits per heavy atom. The molecule has 0 saturated carbocycles. The van der Waals surface area contributed by atoms with Crippen LogP contribution in [-0.4, -0.2) is 29.7 Å². The lowest BCUT2D eigenvalue weighted by Crippen LogP contribution is -2.12. The van der Waals surface area contributed by atoms with Crippen LogP contribution in [0.5, 0.6) is 0 Å². The molecular formula is C14H23N3O. The predicted molar refractivity (Wildman–Crippen MR) is 71.5 cm³/mol. The van der Waals surface area contributed by atoms with Gasteiger partial charge < -0.3 is 10.5 Å². The van der Waals surface area contributed by atoms with E-state index in [0.717, 1.165) is 62.7 Å². The fraction of sp³-hybridized carbons (Fsp3) is 0.714. The van der Waals surface area contributed by atoms with Crippen molar-refractivity contribution in [2.24, 2.45) is 11.7 Å². The average Bonchev–Trinajstić information content (AvgIpc) is 2.81. The van der Waals surface area contributed by atoms with Crippen LogP contribution < -0.4 is 5.73 Å². The first-order chi connectivity index (χ1) is 8.70. The van der Waals surface area contributed by atoms with E-state index in [0.29, 0.717) is 5.92 Å². The fourth-order valence-electron chi connectivity index (χ4n) is 2.54. The van der Waals surface area contributed by atoms with Crippen molar-refractivity contribution in [2.45, 2.75) is 39.5 Å². The van der Waals surface area contributed by atoms with E-state index < -0.39 is 0 Å². The summed E-state index contributed by atoms with van der Waals surface area (Å²) in [7, 11) is 0. The Kier molecular flexibility index (Phi) is 4.66. The van der Waals surface area contributed by atoms with Gasteiger partial charge in [0.1, 0.15) is 5.82 Å². The molecule has 18 heavy (non-hydrogen) atoms. The molecule has 0 aromatic carbocycles. The number of ether oxygens (including phenoxy) is 1. The van der Waals surface area contributed by atoms with Crippen molar-refractivity contribution < 1.29 is 4.74 Å². The van der Waals surface area contributed by atoms with E-state index in [-0.39, 0.29) is 0 Å². The average molecular weight is 249 g/mol. The molecule has 1 aromatic heterocycles. The monoisotopic (exact) mass is 249 g/mol. The first-order valence-corrected chi connectivity index (χ1v) is 6.81. The standard InChI is InChI=1S/C14H23N3O/c1-10-13(4-3-6-15)11(2)17-14(16-10)8-12-5-7-18-9-12/h12H,3-9,15H2,1-2H3. The highest BCUT2D eigenvalue weighted by atomic mass is 16.5. The van der Waals surface area contributed by atoms with Crippen LogP contribution in [0.2, 0.25) is 0 Å². The molecule has 0 aliphatic carbocycles. The summed E-state index contributed by atoms with van der Waals surface area (Å²) in [6.07, 6.45) is 4.07. The number of nitrogens with two attached hydrogens (primary N) is 1. The molecule has 1 atom stereocenters. The molecule has 100 valence electrons. The first kappa shape index (κ1) is 13.4. The largest absolute Gasteiger partial charge is 0.381 e. The highest BCUT2D eigenvalue weighted by Crippen LogP contribution is 2.18. The number of aromatic nitrogens is 2. The first-order valence-electron chi connectivity index (χ1n) is 6.81. The number of hydrogen-bond donors (Lipinski definition) is 1. The van der Waals surface area contributed by atoms with Crippen molar-refractivity contribution >= 4 is 0 Å². The minimum atomic E-state index is 0.596. The molecule has 2 rings (SSSR count). The van der Waals surface area contributed by atoms with Gasteiger partial charge in [-0.2, -0.15) is 0 Å². The summed E-state index contributed by atoms with van der Waals surface area (Å²) in [5, 5.41) is 0. The maximum atomic E-state index is 5.56. The van der Waals surface area contributed by atoms with E-state index in [4.69, 9.17) is 10.5 Å². The summed E-state index contributed by atoms with van der Waals surface area (Å²) in [6.45, 7) is 6.62. The molecule has 1 aromatic rings. The Morgan fingerprint density at radius 3 is 2.56 bits per heavy atom. The van der Waals surface area contributed by atoms with Gasteiger partial charge in [0.05, 0.1) is 0 Å². The van der Waals surface area contributed by atoms with Gasteiger partial charge in [-0.25, -0.2) is 9.97 Å². The van der Waals surface area contributed by atoms with Gasteiger partial charge in [0.25, 0.3) is 0 Å². The Hall–Kier alpha value is -1.00. The van der Waals surface area contributed by atoms with Crippen LogP contribution >= 0.6 is 0 Å². The number of rotatable bonds is 5. The van der Waals surface area contributed by atoms with E-state index in [9.17, 15) is 0 Å². The highest BCUT2D eigenvalue weighted by molar-refractivity contribution is 5.24. The summed E-state index contributed by atoms with van der Waals surface area (Å²) in [6, 6.07) is 0. The normalized spacial score (nSPS) is 19.4. The van der Waals surface area contributed by atoms with Crippen molar-refractivity contribution in [3.8, 4) is 0 Å². The summed E-state index contributed by atoms with van der Waals surface area (Å²) in [5.74, 6) is 1.57. The molecule has 0 spiro atoms. The van der Waals surface area contributed by atoms with Gasteiger partial charge in [-0.05, 0) is 51.1 Å². The van der Waals surface area contributed by atoms with Gasteiger partial charge in [0.15, 0.2) is 0 Å². The van der Waals surface area contributed by atoms with E-state index in [1.165, 1.54) is 5.56 Å². The summed E-state index contributed by atoms with van der Waals surface area (Å²) < 4.78 is 5.40. The second kappa shape index (κ2) is 6.25. The van der Waals surface area contributed by atoms with Gasteiger partial charge >= 0.3 is 0 Å². The van der Waals surface area contributed by atoms with Crippen molar-refractivity contribution in [3.63, 3.8) is 0 Å². The Balaban J connectivity index is 2.08. The van der Waals surface area contributed by atoms with Gasteiger partial charge in [0, 0.05) is 31.0 Å². The van der Waals surface area contributed by atoms with Crippen LogP contribution in [0.3, 0.4) is 0 Å². The van der Waals surface area contributed by atoms with Crippen molar-refractivity contribution in [1.82, 2.24) is 9.97 Å². The smallest absolute Gasteiger partial charge is 0.129 e. The van der Waals surface area contributed by atoms with Gasteiger partial charge in [-0.3, -0.25) is 0 Å². The molecule has 4 heteroatoms. The quantitative estimate of drug-likeness (QED) is 0.860. The summed E-state index contributed by atoms with van der Waals surface area (Å²) in [4.78, 5) is 9.29. The lowest BCUT2D eigenvalue weighted by molar-refractivity contribution is 0.185. The molecule has 0 radical (unpaired) electrons. The summed E-state index contributed by atoms with van der Waals surface area (Å²) >= 11 is 0. The van der Waals surface area contributed by atoms with Crippen LogP contribution in [0.1, 0.15) is 35.6 Å². The van der Waals surface area contributed by atoms with E-state index in [2.05, 4.69) is 23.8 Å². The van der Waals surface area contributed by atoms with Crippen LogP contribution in [0.25, 0.3) is 0 Å². The molecule has 1 fully saturated rings. The van der Waals surface area contributed by atoms with Gasteiger partial charge in [0.2, 0.25) is 0 Å². The highest BCUT2D eigenvalue weighted by Gasteiger charge is 2.18. The van der Waals surface area contributed by atoms with Crippen LogP contribution in [0, 0.1) is 19.8 Å². The molecule has 0 bridgehead atoms. The Morgan fingerprint density at radius 2 is 2.00 bits per heavy atom. The number of aryl methyl sites for hydroxylation is 2. The molecule has 1 saturated heterocycles. The Labute approximate surface area is 109 Å². The van der Waals surface area contributed by atoms with Crippen molar-refractivity contribution in [2.75, 3.05) is 19.8 Å². The number of hydrogen-bond acceptors (Lipinski definition) is 4. The van der Waals surface area contributed by atoms with Crippen molar-refractivity contribution in [3.05, 3.63) is 22.8 Å². The minimum Gasteiger partial charge on any atom is -0.381 e. The third kappa shape index (κ3) is 3.27. The molecule has 0 amide bonds. The third-order valence-electron chi connectivity index (χ3n) is 3.59. The second-order valence-electron chi connectivity index (χ2n) is 5.12. The second-order valence-corrected chi connectivity index (χ2v) is 5.12. The topological polar surface area (TPSA) is 61.0 Å². The molecule has 1 aliphatic heterocycles. The van der Waals surface area contributed by atoms with Crippen LogP contribution in [0.4, 0.5) is 0 Å². The summed E-state index contributed by atoms with van der Waals surface area (Å²) in [5.41, 5.74) is 9.06. The van der Waals surface area contributed by atoms with E-state index in [1.807, 2.05) is 0 Å². The van der Waals surface area contributed by atoms with Crippen LogP contribution in [-0.2, 0) is 17.6 Å². The maximum absolute atomic E-state index is 5.56.